The van der Waals surface area contributed by atoms with Gasteiger partial charge in [-0.3, -0.25) is 4.79 Å². The minimum Gasteiger partial charge on any atom is -0.352 e. The van der Waals surface area contributed by atoms with Gasteiger partial charge in [-0.15, -0.1) is 0 Å². The van der Waals surface area contributed by atoms with E-state index >= 15 is 0 Å². The minimum atomic E-state index is 0.0121. The predicted octanol–water partition coefficient (Wildman–Crippen LogP) is 2.96. The van der Waals surface area contributed by atoms with Gasteiger partial charge >= 0.3 is 0 Å². The summed E-state index contributed by atoms with van der Waals surface area (Å²) in [6.07, 6.45) is 5.85. The van der Waals surface area contributed by atoms with E-state index < -0.39 is 0 Å². The van der Waals surface area contributed by atoms with E-state index in [2.05, 4.69) is 12.2 Å². The molecule has 1 aromatic carbocycles. The van der Waals surface area contributed by atoms with Crippen LogP contribution in [-0.4, -0.2) is 19.0 Å². The Kier molecular flexibility index (Phi) is 7.91. The van der Waals surface area contributed by atoms with Gasteiger partial charge in [0.2, 0.25) is 0 Å². The summed E-state index contributed by atoms with van der Waals surface area (Å²) in [6.45, 7) is 3.63. The van der Waals surface area contributed by atoms with Crippen molar-refractivity contribution in [3.63, 3.8) is 0 Å². The molecule has 1 amide bonds. The Labute approximate surface area is 116 Å². The monoisotopic (exact) mass is 262 g/mol. The molecule has 0 saturated heterocycles. The quantitative estimate of drug-likeness (QED) is 0.672. The molecule has 19 heavy (non-hydrogen) atoms. The zero-order chi connectivity index (χ0) is 13.9. The third-order valence-corrected chi connectivity index (χ3v) is 3.38. The van der Waals surface area contributed by atoms with Crippen molar-refractivity contribution in [3.8, 4) is 0 Å². The lowest BCUT2D eigenvalue weighted by atomic mass is 9.97. The molecule has 0 aliphatic heterocycles. The summed E-state index contributed by atoms with van der Waals surface area (Å²) in [6, 6.07) is 9.36. The maximum absolute atomic E-state index is 11.9. The molecule has 1 rings (SSSR count). The molecular formula is C16H26N2O. The van der Waals surface area contributed by atoms with Gasteiger partial charge < -0.3 is 11.1 Å². The Morgan fingerprint density at radius 2 is 1.95 bits per heavy atom. The fourth-order valence-corrected chi connectivity index (χ4v) is 2.20. The molecule has 0 spiro atoms. The van der Waals surface area contributed by atoms with Crippen molar-refractivity contribution in [2.75, 3.05) is 13.1 Å². The van der Waals surface area contributed by atoms with Crippen molar-refractivity contribution >= 4 is 5.91 Å². The Bertz CT molecular complexity index is 351. The Hall–Kier alpha value is -1.35. The molecule has 1 unspecified atom stereocenters. The molecule has 0 aliphatic carbocycles. The maximum atomic E-state index is 11.9. The van der Waals surface area contributed by atoms with Gasteiger partial charge in [0.25, 0.3) is 5.91 Å². The van der Waals surface area contributed by atoms with E-state index in [1.54, 1.807) is 0 Å². The number of nitrogens with two attached hydrogens (primary N) is 1. The van der Waals surface area contributed by atoms with Crippen molar-refractivity contribution in [2.45, 2.75) is 39.0 Å². The van der Waals surface area contributed by atoms with E-state index in [4.69, 9.17) is 5.73 Å². The van der Waals surface area contributed by atoms with E-state index in [0.29, 0.717) is 12.5 Å². The average molecular weight is 262 g/mol. The predicted molar refractivity (Wildman–Crippen MR) is 80.1 cm³/mol. The molecule has 1 aromatic rings. The SMILES string of the molecule is CCCCCC(CCN)CNC(=O)c1ccccc1. The van der Waals surface area contributed by atoms with Gasteiger partial charge in [-0.05, 0) is 37.4 Å². The lowest BCUT2D eigenvalue weighted by Crippen LogP contribution is -2.30. The molecule has 0 saturated carbocycles. The first-order valence-corrected chi connectivity index (χ1v) is 7.31. The fourth-order valence-electron chi connectivity index (χ4n) is 2.20. The molecule has 0 fully saturated rings. The van der Waals surface area contributed by atoms with Crippen molar-refractivity contribution in [3.05, 3.63) is 35.9 Å². The number of carbonyl (C=O) groups is 1. The molecule has 0 bridgehead atoms. The number of amides is 1. The van der Waals surface area contributed by atoms with Crippen LogP contribution in [0.4, 0.5) is 0 Å². The van der Waals surface area contributed by atoms with Gasteiger partial charge in [0.1, 0.15) is 0 Å². The molecule has 3 N–H and O–H groups in total. The molecule has 0 heterocycles. The standard InChI is InChI=1S/C16H26N2O/c1-2-3-5-8-14(11-12-17)13-18-16(19)15-9-6-4-7-10-15/h4,6-7,9-10,14H,2-3,5,8,11-13,17H2,1H3,(H,18,19). The first kappa shape index (κ1) is 15.7. The van der Waals surface area contributed by atoms with Crippen molar-refractivity contribution in [1.29, 1.82) is 0 Å². The smallest absolute Gasteiger partial charge is 0.251 e. The zero-order valence-corrected chi connectivity index (χ0v) is 11.9. The maximum Gasteiger partial charge on any atom is 0.251 e. The third-order valence-electron chi connectivity index (χ3n) is 3.38. The molecule has 1 atom stereocenters. The number of rotatable bonds is 9. The second-order valence-electron chi connectivity index (χ2n) is 5.02. The number of nitrogens with one attached hydrogen (secondary N) is 1. The molecule has 3 heteroatoms. The summed E-state index contributed by atoms with van der Waals surface area (Å²) in [5, 5.41) is 3.02. The van der Waals surface area contributed by atoms with Crippen LogP contribution in [0.5, 0.6) is 0 Å². The van der Waals surface area contributed by atoms with Crippen LogP contribution in [0.1, 0.15) is 49.4 Å². The third kappa shape index (κ3) is 6.39. The van der Waals surface area contributed by atoms with Crippen LogP contribution >= 0.6 is 0 Å². The first-order chi connectivity index (χ1) is 9.27. The van der Waals surface area contributed by atoms with Crippen LogP contribution in [0.3, 0.4) is 0 Å². The van der Waals surface area contributed by atoms with E-state index in [9.17, 15) is 4.79 Å². The van der Waals surface area contributed by atoms with Crippen LogP contribution in [0.2, 0.25) is 0 Å². The molecule has 0 aromatic heterocycles. The van der Waals surface area contributed by atoms with Gasteiger partial charge in [0, 0.05) is 12.1 Å². The van der Waals surface area contributed by atoms with Gasteiger partial charge in [-0.25, -0.2) is 0 Å². The highest BCUT2D eigenvalue weighted by Crippen LogP contribution is 2.12. The van der Waals surface area contributed by atoms with Crippen LogP contribution in [0, 0.1) is 5.92 Å². The topological polar surface area (TPSA) is 55.1 Å². The largest absolute Gasteiger partial charge is 0.352 e. The highest BCUT2D eigenvalue weighted by Gasteiger charge is 2.10. The Balaban J connectivity index is 2.36. The van der Waals surface area contributed by atoms with Crippen LogP contribution < -0.4 is 11.1 Å². The molecule has 0 radical (unpaired) electrons. The number of unbranched alkanes of at least 4 members (excludes halogenated alkanes) is 2. The number of carbonyl (C=O) groups excluding carboxylic acids is 1. The average Bonchev–Trinajstić information content (AvgIpc) is 2.45. The van der Waals surface area contributed by atoms with Gasteiger partial charge in [-0.1, -0.05) is 44.4 Å². The Morgan fingerprint density at radius 1 is 1.21 bits per heavy atom. The van der Waals surface area contributed by atoms with Gasteiger partial charge in [-0.2, -0.15) is 0 Å². The summed E-state index contributed by atoms with van der Waals surface area (Å²) < 4.78 is 0. The first-order valence-electron chi connectivity index (χ1n) is 7.31. The molecule has 0 aliphatic rings. The molecular weight excluding hydrogens is 236 g/mol. The highest BCUT2D eigenvalue weighted by atomic mass is 16.1. The highest BCUT2D eigenvalue weighted by molar-refractivity contribution is 5.94. The summed E-state index contributed by atoms with van der Waals surface area (Å²) >= 11 is 0. The summed E-state index contributed by atoms with van der Waals surface area (Å²) in [5.74, 6) is 0.516. The second kappa shape index (κ2) is 9.56. The zero-order valence-electron chi connectivity index (χ0n) is 11.9. The fraction of sp³-hybridized carbons (Fsp3) is 0.562. The lowest BCUT2D eigenvalue weighted by Gasteiger charge is -2.16. The van der Waals surface area contributed by atoms with Crippen molar-refractivity contribution < 1.29 is 4.79 Å². The van der Waals surface area contributed by atoms with E-state index in [-0.39, 0.29) is 5.91 Å². The van der Waals surface area contributed by atoms with E-state index in [1.807, 2.05) is 30.3 Å². The number of hydrogen-bond donors (Lipinski definition) is 2. The Morgan fingerprint density at radius 3 is 2.58 bits per heavy atom. The van der Waals surface area contributed by atoms with Crippen molar-refractivity contribution in [1.82, 2.24) is 5.32 Å². The van der Waals surface area contributed by atoms with E-state index in [0.717, 1.165) is 24.9 Å². The number of benzene rings is 1. The van der Waals surface area contributed by atoms with Crippen LogP contribution in [-0.2, 0) is 0 Å². The van der Waals surface area contributed by atoms with Gasteiger partial charge in [0.15, 0.2) is 0 Å². The van der Waals surface area contributed by atoms with Crippen LogP contribution in [0.25, 0.3) is 0 Å². The van der Waals surface area contributed by atoms with Crippen LogP contribution in [0.15, 0.2) is 30.3 Å². The molecule has 106 valence electrons. The summed E-state index contributed by atoms with van der Waals surface area (Å²) in [5.41, 5.74) is 6.36. The summed E-state index contributed by atoms with van der Waals surface area (Å²) in [4.78, 5) is 11.9. The minimum absolute atomic E-state index is 0.0121. The summed E-state index contributed by atoms with van der Waals surface area (Å²) in [7, 11) is 0. The molecule has 3 nitrogen and oxygen atoms in total. The second-order valence-corrected chi connectivity index (χ2v) is 5.02. The normalized spacial score (nSPS) is 12.1. The lowest BCUT2D eigenvalue weighted by molar-refractivity contribution is 0.0945. The van der Waals surface area contributed by atoms with E-state index in [1.165, 1.54) is 19.3 Å². The number of hydrogen-bond acceptors (Lipinski definition) is 2. The van der Waals surface area contributed by atoms with Crippen molar-refractivity contribution in [2.24, 2.45) is 11.7 Å². The van der Waals surface area contributed by atoms with Gasteiger partial charge in [0.05, 0.1) is 0 Å².